The quantitative estimate of drug-likeness (QED) is 0.431. The van der Waals surface area contributed by atoms with E-state index in [1.165, 1.54) is 0 Å². The van der Waals surface area contributed by atoms with Gasteiger partial charge in [-0.3, -0.25) is 0 Å². The minimum Gasteiger partial charge on any atom is -0.549 e. The van der Waals surface area contributed by atoms with E-state index in [1.54, 1.807) is 0 Å². The molecule has 0 aliphatic heterocycles. The molecule has 0 bridgehead atoms. The average molecular weight is 300 g/mol. The third kappa shape index (κ3) is 36.8. The Morgan fingerprint density at radius 2 is 1.09 bits per heavy atom. The molecule has 0 heterocycles. The number of carbonyl (C=O) groups excluding carboxylic acids is 2. The smallest absolute Gasteiger partial charge is 0.549 e. The number of carboxylic acids is 2. The first-order valence-corrected chi connectivity index (χ1v) is 4.30. The molecule has 4 nitrogen and oxygen atoms in total. The van der Waals surface area contributed by atoms with E-state index < -0.39 is 11.9 Å². The van der Waals surface area contributed by atoms with Gasteiger partial charge in [-0.05, 0) is 0 Å². The van der Waals surface area contributed by atoms with E-state index >= 15 is 0 Å². The molecule has 0 rings (SSSR count). The summed E-state index contributed by atoms with van der Waals surface area (Å²) in [5.41, 5.74) is 0. The molecule has 60 valence electrons. The Kier molecular flexibility index (Phi) is 21.3. The van der Waals surface area contributed by atoms with Gasteiger partial charge in [-0.25, -0.2) is 0 Å². The van der Waals surface area contributed by atoms with Gasteiger partial charge in [-0.2, -0.15) is 0 Å². The van der Waals surface area contributed by atoms with Crippen molar-refractivity contribution in [3.63, 3.8) is 0 Å². The number of halogens is 2. The first-order chi connectivity index (χ1) is 4.54. The van der Waals surface area contributed by atoms with E-state index in [0.717, 1.165) is 0 Å². The fourth-order valence-corrected chi connectivity index (χ4v) is 0. The fourth-order valence-electron chi connectivity index (χ4n) is 0. The molecule has 0 aromatic rings. The molecule has 0 N–H and O–H groups in total. The second kappa shape index (κ2) is 13.3. The van der Waals surface area contributed by atoms with Crippen LogP contribution in [0.3, 0.4) is 0 Å². The maximum atomic E-state index is 9.21. The van der Waals surface area contributed by atoms with Gasteiger partial charge in [0.15, 0.2) is 0 Å². The third-order valence-electron chi connectivity index (χ3n) is 0.218. The largest absolute Gasteiger partial charge is 2.00 e. The number of carbonyl (C=O) groups is 2. The Morgan fingerprint density at radius 1 is 1.00 bits per heavy atom. The summed E-state index contributed by atoms with van der Waals surface area (Å²) in [5.74, 6) is -2.16. The first-order valence-electron chi connectivity index (χ1n) is 2.06. The van der Waals surface area contributed by atoms with E-state index in [0.29, 0.717) is 0 Å². The van der Waals surface area contributed by atoms with E-state index in [2.05, 4.69) is 31.9 Å². The molecule has 0 amide bonds. The molecule has 0 unspecified atom stereocenters. The van der Waals surface area contributed by atoms with Crippen LogP contribution in [0.1, 0.15) is 0 Å². The zero-order valence-corrected chi connectivity index (χ0v) is 10.1. The molecule has 0 spiro atoms. The van der Waals surface area contributed by atoms with Gasteiger partial charge in [-0.1, -0.05) is 31.9 Å². The number of rotatable bonds is 2. The van der Waals surface area contributed by atoms with E-state index in [9.17, 15) is 19.8 Å². The summed E-state index contributed by atoms with van der Waals surface area (Å²) >= 11 is 5.30. The minimum absolute atomic E-state index is 0. The van der Waals surface area contributed by atoms with Crippen LogP contribution in [-0.4, -0.2) is 45.7 Å². The Hall–Kier alpha value is 0.666. The number of aliphatic carboxylic acids is 2. The monoisotopic (exact) mass is 298 g/mol. The molecular weight excluding hydrogens is 296 g/mol. The topological polar surface area (TPSA) is 80.3 Å². The van der Waals surface area contributed by atoms with Gasteiger partial charge in [0.1, 0.15) is 0 Å². The third-order valence-corrected chi connectivity index (χ3v) is 1.13. The predicted molar refractivity (Wildman–Crippen MR) is 43.4 cm³/mol. The van der Waals surface area contributed by atoms with Crippen LogP contribution in [0.15, 0.2) is 0 Å². The SMILES string of the molecule is O=C([O-])CBr.O=C([O-])CBr.[Mg+2]. The van der Waals surface area contributed by atoms with E-state index in [4.69, 9.17) is 0 Å². The number of alkyl halides is 2. The zero-order valence-electron chi connectivity index (χ0n) is 5.51. The summed E-state index contributed by atoms with van der Waals surface area (Å²) < 4.78 is 0. The van der Waals surface area contributed by atoms with Crippen molar-refractivity contribution in [1.82, 2.24) is 0 Å². The molecule has 0 aliphatic carbocycles. The van der Waals surface area contributed by atoms with Crippen molar-refractivity contribution in [1.29, 1.82) is 0 Å². The molecule has 0 aromatic heterocycles. The van der Waals surface area contributed by atoms with Gasteiger partial charge in [0.05, 0.1) is 11.9 Å². The Morgan fingerprint density at radius 3 is 1.09 bits per heavy atom. The van der Waals surface area contributed by atoms with Gasteiger partial charge < -0.3 is 19.8 Å². The van der Waals surface area contributed by atoms with Crippen LogP contribution in [-0.2, 0) is 9.59 Å². The van der Waals surface area contributed by atoms with Gasteiger partial charge >= 0.3 is 23.1 Å². The molecule has 0 atom stereocenters. The fraction of sp³-hybridized carbons (Fsp3) is 0.500. The van der Waals surface area contributed by atoms with E-state index in [1.807, 2.05) is 0 Å². The number of carboxylic acid groups (broad SMARTS) is 2. The Balaban J connectivity index is -0.000000107. The number of hydrogen-bond donors (Lipinski definition) is 0. The summed E-state index contributed by atoms with van der Waals surface area (Å²) in [4.78, 5) is 18.4. The molecule has 0 aromatic carbocycles. The van der Waals surface area contributed by atoms with E-state index in [-0.39, 0.29) is 33.7 Å². The summed E-state index contributed by atoms with van der Waals surface area (Å²) in [5, 5.41) is 18.3. The summed E-state index contributed by atoms with van der Waals surface area (Å²) in [6, 6.07) is 0. The molecular formula is C4H4Br2MgO4. The average Bonchev–Trinajstić information content (AvgIpc) is 1.89. The van der Waals surface area contributed by atoms with Crippen LogP contribution in [0.4, 0.5) is 0 Å². The molecule has 7 heteroatoms. The van der Waals surface area contributed by atoms with Gasteiger partial charge in [0.2, 0.25) is 0 Å². The molecule has 0 fully saturated rings. The summed E-state index contributed by atoms with van der Waals surface area (Å²) in [6.07, 6.45) is 0. The van der Waals surface area contributed by atoms with Crippen LogP contribution < -0.4 is 10.2 Å². The summed E-state index contributed by atoms with van der Waals surface area (Å²) in [7, 11) is 0. The van der Waals surface area contributed by atoms with Crippen molar-refractivity contribution in [3.05, 3.63) is 0 Å². The van der Waals surface area contributed by atoms with Crippen LogP contribution in [0.5, 0.6) is 0 Å². The van der Waals surface area contributed by atoms with Crippen molar-refractivity contribution < 1.29 is 19.8 Å². The summed E-state index contributed by atoms with van der Waals surface area (Å²) in [6.45, 7) is 0. The standard InChI is InChI=1S/2C2H3BrO2.Mg/c2*3-1-2(4)5;/h2*1H2,(H,4,5);/q;;+2/p-2. The van der Waals surface area contributed by atoms with Crippen molar-refractivity contribution >= 4 is 66.9 Å². The molecule has 0 aliphatic rings. The van der Waals surface area contributed by atoms with Crippen molar-refractivity contribution in [2.45, 2.75) is 0 Å². The number of hydrogen-bond acceptors (Lipinski definition) is 4. The van der Waals surface area contributed by atoms with Gasteiger partial charge in [0, 0.05) is 10.7 Å². The Bertz CT molecular complexity index is 105. The van der Waals surface area contributed by atoms with Crippen LogP contribution in [0, 0.1) is 0 Å². The molecule has 11 heavy (non-hydrogen) atoms. The molecule has 0 radical (unpaired) electrons. The van der Waals surface area contributed by atoms with Gasteiger partial charge in [-0.15, -0.1) is 0 Å². The first kappa shape index (κ1) is 17.7. The minimum atomic E-state index is -1.08. The second-order valence-corrected chi connectivity index (χ2v) is 2.13. The maximum Gasteiger partial charge on any atom is 2.00 e. The maximum absolute atomic E-state index is 9.21. The predicted octanol–water partition coefficient (Wildman–Crippen LogP) is -2.12. The van der Waals surface area contributed by atoms with Crippen LogP contribution >= 0.6 is 31.9 Å². The normalized spacial score (nSPS) is 6.73. The molecule has 0 saturated heterocycles. The Labute approximate surface area is 96.8 Å². The zero-order chi connectivity index (χ0) is 8.57. The van der Waals surface area contributed by atoms with Gasteiger partial charge in [0.25, 0.3) is 0 Å². The van der Waals surface area contributed by atoms with Crippen molar-refractivity contribution in [2.75, 3.05) is 10.7 Å². The van der Waals surface area contributed by atoms with Crippen molar-refractivity contribution in [2.24, 2.45) is 0 Å². The van der Waals surface area contributed by atoms with Crippen LogP contribution in [0.25, 0.3) is 0 Å². The van der Waals surface area contributed by atoms with Crippen LogP contribution in [0.2, 0.25) is 0 Å². The second-order valence-electron chi connectivity index (χ2n) is 1.01. The van der Waals surface area contributed by atoms with Crippen molar-refractivity contribution in [3.8, 4) is 0 Å². The molecule has 0 saturated carbocycles.